The third-order valence-electron chi connectivity index (χ3n) is 5.21. The summed E-state index contributed by atoms with van der Waals surface area (Å²) in [5.41, 5.74) is 2.34. The number of ether oxygens (including phenoxy) is 2. The molecule has 0 spiro atoms. The van der Waals surface area contributed by atoms with Crippen LogP contribution in [-0.4, -0.2) is 53.8 Å². The standard InChI is InChI=1S/C21H27N3O5/c1-15-19(23-10-3-4-17(23)14-29-11-9-20(25)26)12-22-24(21(15)27)13-16-5-7-18(28-2)8-6-16/h5-8,12,17H,3-4,9-11,13-14H2,1-2H3,(H,25,26)/t17-/m1/s1. The lowest BCUT2D eigenvalue weighted by atomic mass is 10.2. The Kier molecular flexibility index (Phi) is 6.87. The van der Waals surface area contributed by atoms with E-state index in [2.05, 4.69) is 10.00 Å². The van der Waals surface area contributed by atoms with Gasteiger partial charge < -0.3 is 19.5 Å². The van der Waals surface area contributed by atoms with Crippen LogP contribution in [0.5, 0.6) is 5.75 Å². The fourth-order valence-electron chi connectivity index (χ4n) is 3.59. The summed E-state index contributed by atoms with van der Waals surface area (Å²) in [5.74, 6) is -0.0972. The maximum atomic E-state index is 12.9. The Morgan fingerprint density at radius 2 is 2.07 bits per heavy atom. The molecule has 1 aliphatic rings. The molecule has 8 heteroatoms. The first-order valence-electron chi connectivity index (χ1n) is 9.75. The molecule has 1 N–H and O–H groups in total. The summed E-state index contributed by atoms with van der Waals surface area (Å²) >= 11 is 0. The van der Waals surface area contributed by atoms with Crippen molar-refractivity contribution in [1.29, 1.82) is 0 Å². The monoisotopic (exact) mass is 401 g/mol. The Labute approximate surface area is 169 Å². The van der Waals surface area contributed by atoms with Crippen LogP contribution >= 0.6 is 0 Å². The zero-order valence-corrected chi connectivity index (χ0v) is 16.8. The van der Waals surface area contributed by atoms with E-state index < -0.39 is 5.97 Å². The second-order valence-electron chi connectivity index (χ2n) is 7.17. The molecule has 0 saturated carbocycles. The normalized spacial score (nSPS) is 16.2. The van der Waals surface area contributed by atoms with Crippen molar-refractivity contribution in [3.63, 3.8) is 0 Å². The molecule has 2 heterocycles. The van der Waals surface area contributed by atoms with Gasteiger partial charge in [0.25, 0.3) is 5.56 Å². The van der Waals surface area contributed by atoms with Gasteiger partial charge in [-0.25, -0.2) is 4.68 Å². The van der Waals surface area contributed by atoms with Crippen LogP contribution in [0.1, 0.15) is 30.4 Å². The lowest BCUT2D eigenvalue weighted by molar-refractivity contribution is -0.138. The van der Waals surface area contributed by atoms with Crippen LogP contribution in [0, 0.1) is 6.92 Å². The Balaban J connectivity index is 1.70. The molecule has 0 radical (unpaired) electrons. The fraction of sp³-hybridized carbons (Fsp3) is 0.476. The van der Waals surface area contributed by atoms with Crippen molar-refractivity contribution in [3.8, 4) is 5.75 Å². The van der Waals surface area contributed by atoms with E-state index in [4.69, 9.17) is 14.6 Å². The summed E-state index contributed by atoms with van der Waals surface area (Å²) in [7, 11) is 1.62. The minimum Gasteiger partial charge on any atom is -0.497 e. The van der Waals surface area contributed by atoms with Crippen molar-refractivity contribution >= 4 is 11.7 Å². The summed E-state index contributed by atoms with van der Waals surface area (Å²) in [5, 5.41) is 13.1. The lowest BCUT2D eigenvalue weighted by Gasteiger charge is -2.27. The van der Waals surface area contributed by atoms with Crippen molar-refractivity contribution < 1.29 is 19.4 Å². The molecule has 29 heavy (non-hydrogen) atoms. The van der Waals surface area contributed by atoms with Gasteiger partial charge in [0.1, 0.15) is 5.75 Å². The predicted octanol–water partition coefficient (Wildman–Crippen LogP) is 2.07. The van der Waals surface area contributed by atoms with Crippen LogP contribution in [0.4, 0.5) is 5.69 Å². The average Bonchev–Trinajstić information content (AvgIpc) is 3.17. The summed E-state index contributed by atoms with van der Waals surface area (Å²) in [4.78, 5) is 25.6. The number of aromatic nitrogens is 2. The van der Waals surface area contributed by atoms with Gasteiger partial charge >= 0.3 is 5.97 Å². The molecular formula is C21H27N3O5. The highest BCUT2D eigenvalue weighted by Crippen LogP contribution is 2.26. The molecule has 0 aliphatic carbocycles. The molecule has 3 rings (SSSR count). The second-order valence-corrected chi connectivity index (χ2v) is 7.17. The molecule has 1 aromatic heterocycles. The molecule has 0 amide bonds. The summed E-state index contributed by atoms with van der Waals surface area (Å²) in [6, 6.07) is 7.69. The van der Waals surface area contributed by atoms with E-state index in [9.17, 15) is 9.59 Å². The first kappa shape index (κ1) is 20.9. The van der Waals surface area contributed by atoms with E-state index in [1.165, 1.54) is 4.68 Å². The van der Waals surface area contributed by atoms with Gasteiger partial charge in [-0.2, -0.15) is 5.10 Å². The molecule has 8 nitrogen and oxygen atoms in total. The van der Waals surface area contributed by atoms with E-state index in [-0.39, 0.29) is 24.6 Å². The zero-order valence-electron chi connectivity index (χ0n) is 16.8. The molecule has 0 bridgehead atoms. The molecule has 2 aromatic rings. The smallest absolute Gasteiger partial charge is 0.305 e. The number of rotatable bonds is 9. The van der Waals surface area contributed by atoms with Crippen molar-refractivity contribution in [2.75, 3.05) is 31.8 Å². The van der Waals surface area contributed by atoms with Crippen molar-refractivity contribution in [3.05, 3.63) is 51.9 Å². The number of hydrogen-bond donors (Lipinski definition) is 1. The van der Waals surface area contributed by atoms with Crippen LogP contribution in [0.25, 0.3) is 0 Å². The highest BCUT2D eigenvalue weighted by Gasteiger charge is 2.27. The van der Waals surface area contributed by atoms with Crippen molar-refractivity contribution in [2.45, 2.75) is 38.8 Å². The topological polar surface area (TPSA) is 93.9 Å². The van der Waals surface area contributed by atoms with E-state index in [1.807, 2.05) is 31.2 Å². The van der Waals surface area contributed by atoms with Gasteiger partial charge in [-0.1, -0.05) is 12.1 Å². The zero-order chi connectivity index (χ0) is 20.8. The van der Waals surface area contributed by atoms with Gasteiger partial charge in [0.15, 0.2) is 0 Å². The third-order valence-corrected chi connectivity index (χ3v) is 5.21. The largest absolute Gasteiger partial charge is 0.497 e. The summed E-state index contributed by atoms with van der Waals surface area (Å²) < 4.78 is 12.2. The highest BCUT2D eigenvalue weighted by atomic mass is 16.5. The highest BCUT2D eigenvalue weighted by molar-refractivity contribution is 5.66. The van der Waals surface area contributed by atoms with E-state index in [0.29, 0.717) is 18.7 Å². The maximum Gasteiger partial charge on any atom is 0.305 e. The molecule has 1 atom stereocenters. The number of benzene rings is 1. The molecule has 1 saturated heterocycles. The number of carbonyl (C=O) groups is 1. The number of hydrogen-bond acceptors (Lipinski definition) is 6. The first-order chi connectivity index (χ1) is 14.0. The number of carboxylic acids is 1. The quantitative estimate of drug-likeness (QED) is 0.643. The van der Waals surface area contributed by atoms with Crippen molar-refractivity contribution in [1.82, 2.24) is 9.78 Å². The molecule has 1 fully saturated rings. The summed E-state index contributed by atoms with van der Waals surface area (Å²) in [6.07, 6.45) is 3.69. The summed E-state index contributed by atoms with van der Waals surface area (Å²) in [6.45, 7) is 3.69. The molecule has 156 valence electrons. The minimum atomic E-state index is -0.867. The van der Waals surface area contributed by atoms with Crippen LogP contribution in [0.15, 0.2) is 35.3 Å². The number of carboxylic acid groups (broad SMARTS) is 1. The fourth-order valence-corrected chi connectivity index (χ4v) is 3.59. The maximum absolute atomic E-state index is 12.9. The average molecular weight is 401 g/mol. The van der Waals surface area contributed by atoms with Crippen LogP contribution in [-0.2, 0) is 16.1 Å². The number of methoxy groups -OCH3 is 1. The van der Waals surface area contributed by atoms with E-state index in [1.54, 1.807) is 13.3 Å². The SMILES string of the molecule is COc1ccc(Cn2ncc(N3CCC[C@@H]3COCCC(=O)O)c(C)c2=O)cc1. The molecule has 1 aliphatic heterocycles. The Bertz CT molecular complexity index is 894. The van der Waals surface area contributed by atoms with Gasteiger partial charge in [-0.3, -0.25) is 9.59 Å². The molecular weight excluding hydrogens is 374 g/mol. The van der Waals surface area contributed by atoms with E-state index in [0.717, 1.165) is 36.4 Å². The lowest BCUT2D eigenvalue weighted by Crippen LogP contribution is -2.36. The Hall–Kier alpha value is -2.87. The Morgan fingerprint density at radius 1 is 1.31 bits per heavy atom. The van der Waals surface area contributed by atoms with Crippen molar-refractivity contribution in [2.24, 2.45) is 0 Å². The number of anilines is 1. The van der Waals surface area contributed by atoms with E-state index >= 15 is 0 Å². The number of aliphatic carboxylic acids is 1. The molecule has 0 unspecified atom stereocenters. The van der Waals surface area contributed by atoms with Crippen LogP contribution < -0.4 is 15.2 Å². The number of nitrogens with zero attached hydrogens (tertiary/aromatic N) is 3. The first-order valence-corrected chi connectivity index (χ1v) is 9.75. The predicted molar refractivity (Wildman–Crippen MR) is 109 cm³/mol. The third kappa shape index (κ3) is 5.14. The minimum absolute atomic E-state index is 0.00525. The van der Waals surface area contributed by atoms with Gasteiger partial charge in [-0.05, 0) is 37.5 Å². The van der Waals surface area contributed by atoms with Gasteiger partial charge in [0.2, 0.25) is 0 Å². The second kappa shape index (κ2) is 9.56. The molecule has 1 aromatic carbocycles. The van der Waals surface area contributed by atoms with Gasteiger partial charge in [-0.15, -0.1) is 0 Å². The van der Waals surface area contributed by atoms with Crippen LogP contribution in [0.3, 0.4) is 0 Å². The van der Waals surface area contributed by atoms with Crippen LogP contribution in [0.2, 0.25) is 0 Å². The van der Waals surface area contributed by atoms with Gasteiger partial charge in [0.05, 0.1) is 51.2 Å². The Morgan fingerprint density at radius 3 is 2.76 bits per heavy atom. The van der Waals surface area contributed by atoms with Gasteiger partial charge in [0, 0.05) is 12.1 Å².